The van der Waals surface area contributed by atoms with Crippen molar-refractivity contribution in [2.75, 3.05) is 57.3 Å². The van der Waals surface area contributed by atoms with Crippen LogP contribution in [0.25, 0.3) is 18.4 Å². The number of carbonyl (C=O) groups excluding carboxylic acids is 1. The van der Waals surface area contributed by atoms with Crippen molar-refractivity contribution in [3.63, 3.8) is 0 Å². The van der Waals surface area contributed by atoms with Gasteiger partial charge >= 0.3 is 0 Å². The van der Waals surface area contributed by atoms with Crippen LogP contribution < -0.4 is 20.7 Å². The van der Waals surface area contributed by atoms with E-state index in [0.717, 1.165) is 137 Å². The molecule has 7 nitrogen and oxygen atoms in total. The van der Waals surface area contributed by atoms with E-state index >= 15 is 4.39 Å². The largest absolute Gasteiger partial charge is 0.360 e. The molecule has 0 aromatic heterocycles. The summed E-state index contributed by atoms with van der Waals surface area (Å²) in [5.41, 5.74) is 10.4. The normalized spacial score (nSPS) is 17.8. The molecule has 0 spiro atoms. The van der Waals surface area contributed by atoms with Crippen molar-refractivity contribution < 1.29 is 9.18 Å². The van der Waals surface area contributed by atoms with E-state index in [1.54, 1.807) is 6.07 Å². The molecule has 4 aliphatic rings. The fourth-order valence-corrected chi connectivity index (χ4v) is 10.8. The summed E-state index contributed by atoms with van der Waals surface area (Å²) in [4.78, 5) is 24.1. The fraction of sp³-hybridized carbons (Fsp3) is 0.466. The zero-order valence-electron chi connectivity index (χ0n) is 40.9. The summed E-state index contributed by atoms with van der Waals surface area (Å²) >= 11 is 6.69. The molecule has 0 radical (unpaired) electrons. The number of hydrogen-bond donors (Lipinski definition) is 1. The van der Waals surface area contributed by atoms with E-state index < -0.39 is 0 Å². The van der Waals surface area contributed by atoms with Gasteiger partial charge in [-0.1, -0.05) is 118 Å². The number of carbonyl (C=O) groups is 1. The molecule has 358 valence electrons. The standard InChI is InChI=1S/C58H76ClFN6O/c1-9-58(67)63-38-52(39-63)66-37-49-22-20-46(21-23-50(59)34-48-18-14-13-17-43(48)6)33-57(49)64(45(66)8)32-28-61-27-15-11-10-12-16-29-62-30-25-47(26-31-62)54-36-51(60)35-53-44(7)65(40-55(53)54)56(42(4)5)24-19-41(2)3/h13-14,17-18,20,22-23,33-36,47,52,56,61H,2,4,6-12,15-16,19,21,24-32,37-40H2,1,3,5H3/b48-34-,50-23+. The first-order valence-corrected chi connectivity index (χ1v) is 25.4. The number of hydrogen-bond acceptors (Lipinski definition) is 6. The van der Waals surface area contributed by atoms with E-state index in [1.807, 2.05) is 48.2 Å². The van der Waals surface area contributed by atoms with E-state index in [4.69, 9.17) is 11.6 Å². The number of rotatable bonds is 22. The van der Waals surface area contributed by atoms with E-state index in [2.05, 4.69) is 95.9 Å². The van der Waals surface area contributed by atoms with Gasteiger partial charge in [0.25, 0.3) is 0 Å². The third-order valence-electron chi connectivity index (χ3n) is 14.7. The van der Waals surface area contributed by atoms with Crippen LogP contribution in [0.5, 0.6) is 0 Å². The molecule has 0 bridgehead atoms. The Kier molecular flexibility index (Phi) is 17.5. The van der Waals surface area contributed by atoms with Gasteiger partial charge in [-0.15, -0.1) is 6.58 Å². The third-order valence-corrected chi connectivity index (χ3v) is 14.9. The SMILES string of the molecule is C=C(C)CCC(C(=C)C)N1Cc2c(cc(F)cc2C2CCN(CCCCCCCNCCN3C(=C)N(C4CN(C(=O)CC)C4)Cc4ccc(C/C=C(Cl)\C=c5\ccccc5=C)cc43)CC2)C1=C. The second-order valence-electron chi connectivity index (χ2n) is 19.7. The van der Waals surface area contributed by atoms with Crippen molar-refractivity contribution in [1.29, 1.82) is 0 Å². The lowest BCUT2D eigenvalue weighted by atomic mass is 9.85. The highest BCUT2D eigenvalue weighted by atomic mass is 35.5. The maximum atomic E-state index is 15.1. The monoisotopic (exact) mass is 927 g/mol. The predicted molar refractivity (Wildman–Crippen MR) is 280 cm³/mol. The molecule has 4 heterocycles. The molecule has 0 saturated carbocycles. The molecule has 2 saturated heterocycles. The van der Waals surface area contributed by atoms with Crippen LogP contribution >= 0.6 is 11.6 Å². The maximum Gasteiger partial charge on any atom is 0.222 e. The predicted octanol–water partition coefficient (Wildman–Crippen LogP) is 10.6. The van der Waals surface area contributed by atoms with Gasteiger partial charge < -0.3 is 29.8 Å². The third kappa shape index (κ3) is 12.6. The Bertz CT molecular complexity index is 2430. The highest BCUT2D eigenvalue weighted by Gasteiger charge is 2.39. The van der Waals surface area contributed by atoms with Crippen molar-refractivity contribution >= 4 is 41.5 Å². The molecule has 1 N–H and O–H groups in total. The highest BCUT2D eigenvalue weighted by molar-refractivity contribution is 6.34. The van der Waals surface area contributed by atoms with Crippen LogP contribution in [-0.4, -0.2) is 89.9 Å². The van der Waals surface area contributed by atoms with Crippen molar-refractivity contribution in [3.8, 4) is 0 Å². The van der Waals surface area contributed by atoms with Gasteiger partial charge in [0.15, 0.2) is 0 Å². The minimum Gasteiger partial charge on any atom is -0.360 e. The molecule has 1 unspecified atom stereocenters. The minimum absolute atomic E-state index is 0.149. The second-order valence-corrected chi connectivity index (χ2v) is 20.1. The number of benzene rings is 3. The quantitative estimate of drug-likeness (QED) is 0.0800. The summed E-state index contributed by atoms with van der Waals surface area (Å²) in [6, 6.07) is 18.8. The van der Waals surface area contributed by atoms with Gasteiger partial charge in [-0.25, -0.2) is 4.39 Å². The summed E-state index contributed by atoms with van der Waals surface area (Å²) < 4.78 is 15.1. The topological polar surface area (TPSA) is 45.3 Å². The molecule has 1 amide bonds. The van der Waals surface area contributed by atoms with Crippen LogP contribution in [-0.2, 0) is 24.3 Å². The Labute approximate surface area is 406 Å². The van der Waals surface area contributed by atoms with E-state index in [1.165, 1.54) is 59.2 Å². The van der Waals surface area contributed by atoms with Gasteiger partial charge in [0, 0.05) is 67.7 Å². The molecular formula is C58H76ClFN6O. The number of nitrogens with one attached hydrogen (secondary N) is 1. The van der Waals surface area contributed by atoms with Gasteiger partial charge in [0.05, 0.1) is 12.1 Å². The van der Waals surface area contributed by atoms with E-state index in [0.29, 0.717) is 17.4 Å². The van der Waals surface area contributed by atoms with Crippen molar-refractivity contribution in [3.05, 3.63) is 153 Å². The molecule has 67 heavy (non-hydrogen) atoms. The Balaban J connectivity index is 0.838. The summed E-state index contributed by atoms with van der Waals surface area (Å²) in [6.45, 7) is 36.8. The average molecular weight is 928 g/mol. The van der Waals surface area contributed by atoms with Gasteiger partial charge in [0.2, 0.25) is 5.91 Å². The van der Waals surface area contributed by atoms with Gasteiger partial charge in [-0.05, 0) is 148 Å². The minimum atomic E-state index is -0.149. The summed E-state index contributed by atoms with van der Waals surface area (Å²) in [5.74, 6) is 1.46. The van der Waals surface area contributed by atoms with Crippen LogP contribution in [0.3, 0.4) is 0 Å². The molecule has 4 aliphatic heterocycles. The molecule has 0 aliphatic carbocycles. The van der Waals surface area contributed by atoms with Crippen LogP contribution in [0.1, 0.15) is 119 Å². The zero-order valence-corrected chi connectivity index (χ0v) is 41.6. The first-order valence-electron chi connectivity index (χ1n) is 25.1. The Hall–Kier alpha value is -4.89. The number of nitrogens with zero attached hydrogens (tertiary/aromatic N) is 5. The number of halogens is 2. The first-order chi connectivity index (χ1) is 32.3. The van der Waals surface area contributed by atoms with Crippen LogP contribution in [0.15, 0.2) is 109 Å². The maximum absolute atomic E-state index is 15.1. The van der Waals surface area contributed by atoms with Gasteiger partial charge in [0.1, 0.15) is 11.6 Å². The smallest absolute Gasteiger partial charge is 0.222 e. The number of anilines is 1. The first kappa shape index (κ1) is 50.0. The number of unbranched alkanes of at least 4 members (excludes halogenated alkanes) is 4. The summed E-state index contributed by atoms with van der Waals surface area (Å²) in [5, 5.41) is 6.42. The lowest BCUT2D eigenvalue weighted by molar-refractivity contribution is -0.137. The number of amides is 1. The Morgan fingerprint density at radius 3 is 2.40 bits per heavy atom. The lowest BCUT2D eigenvalue weighted by Gasteiger charge is -2.51. The number of fused-ring (bicyclic) bond motifs is 2. The number of piperidine rings is 1. The molecule has 3 aromatic carbocycles. The van der Waals surface area contributed by atoms with E-state index in [-0.39, 0.29) is 23.8 Å². The summed E-state index contributed by atoms with van der Waals surface area (Å²) in [6.07, 6.45) is 15.5. The van der Waals surface area contributed by atoms with E-state index in [9.17, 15) is 4.79 Å². The molecular weight excluding hydrogens is 851 g/mol. The van der Waals surface area contributed by atoms with Crippen LogP contribution in [0, 0.1) is 5.82 Å². The fourth-order valence-electron chi connectivity index (χ4n) is 10.6. The molecule has 3 aromatic rings. The lowest BCUT2D eigenvalue weighted by Crippen LogP contribution is -2.62. The summed E-state index contributed by atoms with van der Waals surface area (Å²) in [7, 11) is 0. The molecule has 9 heteroatoms. The number of allylic oxidation sites excluding steroid dienone is 3. The number of likely N-dealkylation sites (tertiary alicyclic amines) is 2. The second kappa shape index (κ2) is 23.4. The van der Waals surface area contributed by atoms with Crippen molar-refractivity contribution in [2.24, 2.45) is 0 Å². The zero-order chi connectivity index (χ0) is 47.6. The van der Waals surface area contributed by atoms with Gasteiger partial charge in [-0.2, -0.15) is 0 Å². The molecule has 1 atom stereocenters. The van der Waals surface area contributed by atoms with Crippen molar-refractivity contribution in [1.82, 2.24) is 24.9 Å². The highest BCUT2D eigenvalue weighted by Crippen LogP contribution is 2.43. The van der Waals surface area contributed by atoms with Gasteiger partial charge in [-0.3, -0.25) is 4.79 Å². The Morgan fingerprint density at radius 1 is 0.925 bits per heavy atom. The van der Waals surface area contributed by atoms with Crippen molar-refractivity contribution in [2.45, 2.75) is 122 Å². The average Bonchev–Trinajstić information content (AvgIpc) is 3.61. The van der Waals surface area contributed by atoms with Crippen LogP contribution in [0.2, 0.25) is 0 Å². The molecule has 7 rings (SSSR count). The molecule has 2 fully saturated rings. The Morgan fingerprint density at radius 2 is 1.67 bits per heavy atom. The van der Waals surface area contributed by atoms with Crippen LogP contribution in [0.4, 0.5) is 10.1 Å².